The van der Waals surface area contributed by atoms with Crippen molar-refractivity contribution in [2.75, 3.05) is 131 Å². The molecule has 0 aromatic rings. The number of nitrogens with one attached hydrogen (secondary N) is 2. The average Bonchev–Trinajstić information content (AvgIpc) is 1.99. The van der Waals surface area contributed by atoms with Gasteiger partial charge in [-0.25, -0.2) is 9.59 Å². The summed E-state index contributed by atoms with van der Waals surface area (Å²) in [4.78, 5) is 137. The van der Waals surface area contributed by atoms with Crippen molar-refractivity contribution < 1.29 is 116 Å². The van der Waals surface area contributed by atoms with Crippen LogP contribution in [-0.2, 0) is 95.4 Å². The monoisotopic (exact) mass is 1410 g/mol. The fourth-order valence-corrected chi connectivity index (χ4v) is 7.20. The van der Waals surface area contributed by atoms with E-state index in [-0.39, 0.29) is 93.1 Å². The zero-order valence-electron chi connectivity index (χ0n) is 61.4. The van der Waals surface area contributed by atoms with Crippen LogP contribution in [0.25, 0.3) is 0 Å². The van der Waals surface area contributed by atoms with Gasteiger partial charge in [0.1, 0.15) is 64.9 Å². The number of methoxy groups -OCH3 is 2. The van der Waals surface area contributed by atoms with Crippen LogP contribution in [0.15, 0.2) is 36.5 Å². The van der Waals surface area contributed by atoms with Crippen molar-refractivity contribution in [3.63, 3.8) is 0 Å². The van der Waals surface area contributed by atoms with Gasteiger partial charge in [0.2, 0.25) is 11.8 Å². The van der Waals surface area contributed by atoms with E-state index in [1.165, 1.54) is 51.6 Å². The molecular formula is C66H118N4O24S2. The highest BCUT2D eigenvalue weighted by molar-refractivity contribution is 7.99. The summed E-state index contributed by atoms with van der Waals surface area (Å²) in [5.74, 6) is -3.62. The number of carbonyl (C=O) groups excluding carboxylic acids is 10. The molecule has 0 aromatic carbocycles. The normalized spacial score (nSPS) is 11.6. The maximum absolute atomic E-state index is 11.8. The zero-order chi connectivity index (χ0) is 76.4. The minimum Gasteiger partial charge on any atom is -0.480 e. The van der Waals surface area contributed by atoms with E-state index in [1.807, 2.05) is 72.6 Å². The van der Waals surface area contributed by atoms with Gasteiger partial charge in [-0.05, 0) is 124 Å². The van der Waals surface area contributed by atoms with Crippen LogP contribution in [-0.4, -0.2) is 245 Å². The number of carboxylic acids is 2. The number of carboxylic acid groups (broad SMARTS) is 2. The van der Waals surface area contributed by atoms with Gasteiger partial charge >= 0.3 is 59.7 Å². The smallest absolute Gasteiger partial charge is 0.333 e. The molecule has 0 aliphatic heterocycles. The quantitative estimate of drug-likeness (QED) is 0.0175. The molecule has 0 saturated carbocycles. The molecule has 96 heavy (non-hydrogen) atoms. The SMILES string of the molecule is C=C(C)C(=O)NCC(=O)O.C=C(C)C(=O)OCC(O)COC(=O)CCSCC(C)(C)C(=O)OC.C=C(C)C(=O)OCCN(C)C.CCC(C)(C)C(=O)NCC(=O)O.CCC(C)(C)C(=O)OCC(O)COC(=O)CCSCC(C)(C)C(=O)OC.CCC(C)(C)C(=O)OCCN(C)C. The third-order valence-electron chi connectivity index (χ3n) is 12.8. The minimum atomic E-state index is -1.08. The van der Waals surface area contributed by atoms with Gasteiger partial charge in [-0.3, -0.25) is 47.9 Å². The first kappa shape index (κ1) is 100. The van der Waals surface area contributed by atoms with Gasteiger partial charge in [-0.1, -0.05) is 54.4 Å². The lowest BCUT2D eigenvalue weighted by molar-refractivity contribution is -0.160. The molecule has 0 radical (unpaired) electrons. The molecule has 0 bridgehead atoms. The molecule has 2 amide bonds. The van der Waals surface area contributed by atoms with Crippen molar-refractivity contribution in [2.45, 2.75) is 155 Å². The first-order valence-corrected chi connectivity index (χ1v) is 33.2. The van der Waals surface area contributed by atoms with Crippen molar-refractivity contribution in [1.29, 1.82) is 0 Å². The number of hydrogen-bond acceptors (Lipinski definition) is 26. The van der Waals surface area contributed by atoms with Gasteiger partial charge in [0.25, 0.3) is 0 Å². The second-order valence-corrected chi connectivity index (χ2v) is 27.5. The number of carbonyl (C=O) groups is 12. The summed E-state index contributed by atoms with van der Waals surface area (Å²) in [7, 11) is 10.4. The Hall–Kier alpha value is -6.60. The predicted molar refractivity (Wildman–Crippen MR) is 368 cm³/mol. The number of amides is 2. The van der Waals surface area contributed by atoms with Gasteiger partial charge in [0.05, 0.1) is 48.7 Å². The van der Waals surface area contributed by atoms with Crippen LogP contribution < -0.4 is 10.6 Å². The molecule has 28 nitrogen and oxygen atoms in total. The Morgan fingerprint density at radius 2 is 0.771 bits per heavy atom. The van der Waals surface area contributed by atoms with Crippen molar-refractivity contribution in [3.05, 3.63) is 36.5 Å². The first-order valence-electron chi connectivity index (χ1n) is 30.9. The van der Waals surface area contributed by atoms with Crippen LogP contribution in [0.1, 0.15) is 143 Å². The van der Waals surface area contributed by atoms with Crippen molar-refractivity contribution in [1.82, 2.24) is 20.4 Å². The molecule has 30 heteroatoms. The van der Waals surface area contributed by atoms with Gasteiger partial charge in [-0.2, -0.15) is 23.5 Å². The van der Waals surface area contributed by atoms with Crippen LogP contribution in [0.5, 0.6) is 0 Å². The van der Waals surface area contributed by atoms with E-state index in [1.54, 1.807) is 62.3 Å². The van der Waals surface area contributed by atoms with Crippen LogP contribution in [0.2, 0.25) is 0 Å². The summed E-state index contributed by atoms with van der Waals surface area (Å²) in [6, 6.07) is 0. The standard InChI is InChI=1S/C18H32O7S.C16H26O7S.C10H21NO2.C8H15NO3.C8H15NO2.C6H9NO3/c1-7-17(2,3)16(22)25-11-13(19)10-24-14(20)8-9-26-12-18(4,5)15(21)23-6;1-11(2)14(19)23-9-12(17)8-22-13(18)6-7-24-10-16(3,4)15(20)21-5;1-6-10(2,3)9(12)13-8-7-11(4)5;1-4-8(2,3)7(12)9-5-6(10)11;1-7(2)8(10)11-6-5-9(3)4;1-4(2)6(10)7-3-5(8)9/h13,19H,7-12H2,1-6H3;12,17H,1,6-10H2,2-5H3;6-8H2,1-5H3;4-5H2,1-3H3,(H,9,12)(H,10,11);1,5-6H2,2-4H3;1,3H2,2H3,(H,7,10)(H,8,9). The lowest BCUT2D eigenvalue weighted by atomic mass is 9.89. The highest BCUT2D eigenvalue weighted by Crippen LogP contribution is 2.26. The Kier molecular flexibility index (Phi) is 56.9. The van der Waals surface area contributed by atoms with Crippen molar-refractivity contribution >= 4 is 95.0 Å². The third-order valence-corrected chi connectivity index (χ3v) is 15.6. The Labute approximate surface area is 578 Å². The molecule has 0 saturated heterocycles. The second-order valence-electron chi connectivity index (χ2n) is 25.3. The van der Waals surface area contributed by atoms with Crippen molar-refractivity contribution in [2.24, 2.45) is 27.1 Å². The van der Waals surface area contributed by atoms with E-state index in [9.17, 15) is 67.7 Å². The Balaban J connectivity index is -0.000000264. The minimum absolute atomic E-state index is 0.100. The number of esters is 8. The van der Waals surface area contributed by atoms with E-state index in [2.05, 4.69) is 30.4 Å². The lowest BCUT2D eigenvalue weighted by Gasteiger charge is -2.21. The summed E-state index contributed by atoms with van der Waals surface area (Å²) in [6.07, 6.45) is 0.315. The third kappa shape index (κ3) is 57.6. The summed E-state index contributed by atoms with van der Waals surface area (Å²) < 4.78 is 39.0. The molecule has 0 spiro atoms. The highest BCUT2D eigenvalue weighted by Gasteiger charge is 2.31. The van der Waals surface area contributed by atoms with E-state index in [0.717, 1.165) is 19.5 Å². The van der Waals surface area contributed by atoms with Gasteiger partial charge in [-0.15, -0.1) is 0 Å². The van der Waals surface area contributed by atoms with Crippen molar-refractivity contribution in [3.8, 4) is 0 Å². The molecular weight excluding hydrogens is 1300 g/mol. The molecule has 0 aliphatic carbocycles. The summed E-state index contributed by atoms with van der Waals surface area (Å²) in [6.45, 7) is 39.5. The topological polar surface area (TPSA) is 390 Å². The highest BCUT2D eigenvalue weighted by atomic mass is 32.2. The summed E-state index contributed by atoms with van der Waals surface area (Å²) >= 11 is 2.89. The largest absolute Gasteiger partial charge is 0.480 e. The number of nitrogens with zero attached hydrogens (tertiary/aromatic N) is 2. The Bertz CT molecular complexity index is 2420. The Morgan fingerprint density at radius 1 is 0.448 bits per heavy atom. The van der Waals surface area contributed by atoms with Crippen LogP contribution in [0.4, 0.5) is 0 Å². The number of ether oxygens (including phenoxy) is 8. The molecule has 0 heterocycles. The lowest BCUT2D eigenvalue weighted by Crippen LogP contribution is -2.39. The molecule has 6 N–H and O–H groups in total. The summed E-state index contributed by atoms with van der Waals surface area (Å²) in [5.41, 5.74) is -1.67. The fourth-order valence-electron chi connectivity index (χ4n) is 5.03. The summed E-state index contributed by atoms with van der Waals surface area (Å²) in [5, 5.41) is 40.2. The Morgan fingerprint density at radius 3 is 1.09 bits per heavy atom. The maximum atomic E-state index is 11.8. The first-order chi connectivity index (χ1) is 43.9. The van der Waals surface area contributed by atoms with E-state index < -0.39 is 75.6 Å². The van der Waals surface area contributed by atoms with E-state index >= 15 is 0 Å². The van der Waals surface area contributed by atoms with E-state index in [0.29, 0.717) is 60.2 Å². The molecule has 0 rings (SSSR count). The molecule has 0 aromatic heterocycles. The van der Waals surface area contributed by atoms with Gasteiger partial charge in [0, 0.05) is 58.2 Å². The molecule has 2 atom stereocenters. The molecule has 2 unspecified atom stereocenters. The zero-order valence-corrected chi connectivity index (χ0v) is 63.0. The van der Waals surface area contributed by atoms with E-state index in [4.69, 9.17) is 48.1 Å². The second kappa shape index (κ2) is 54.4. The number of thioether (sulfide) groups is 2. The number of aliphatic hydroxyl groups excluding tert-OH is 2. The van der Waals surface area contributed by atoms with Crippen LogP contribution in [0, 0.1) is 27.1 Å². The molecule has 0 aliphatic rings. The number of rotatable bonds is 39. The van der Waals surface area contributed by atoms with Gasteiger partial charge < -0.3 is 78.8 Å². The van der Waals surface area contributed by atoms with Crippen LogP contribution >= 0.6 is 23.5 Å². The number of aliphatic carboxylic acids is 2. The number of hydrogen-bond donors (Lipinski definition) is 6. The number of aliphatic hydroxyl groups is 2. The molecule has 558 valence electrons. The maximum Gasteiger partial charge on any atom is 0.333 e. The number of likely N-dealkylation sites (N-methyl/N-ethyl adjacent to an activating group) is 2. The van der Waals surface area contributed by atoms with Crippen LogP contribution in [0.3, 0.4) is 0 Å². The predicted octanol–water partition coefficient (Wildman–Crippen LogP) is 6.11. The van der Waals surface area contributed by atoms with Gasteiger partial charge in [0.15, 0.2) is 0 Å². The molecule has 0 fully saturated rings. The fraction of sp³-hybridized carbons (Fsp3) is 0.727. The average molecular weight is 1420 g/mol.